The van der Waals surface area contributed by atoms with Crippen molar-refractivity contribution in [3.63, 3.8) is 0 Å². The first-order chi connectivity index (χ1) is 17.4. The third-order valence-corrected chi connectivity index (χ3v) is 7.60. The van der Waals surface area contributed by atoms with Crippen LogP contribution in [0.4, 0.5) is 11.4 Å². The number of aryl methyl sites for hydroxylation is 1. The molecule has 2 saturated heterocycles. The zero-order chi connectivity index (χ0) is 25.7. The molecule has 0 aromatic heterocycles. The van der Waals surface area contributed by atoms with Gasteiger partial charge in [-0.05, 0) is 61.3 Å². The van der Waals surface area contributed by atoms with Crippen LogP contribution in [0.15, 0.2) is 42.5 Å². The van der Waals surface area contributed by atoms with E-state index in [0.717, 1.165) is 68.1 Å². The molecule has 0 saturated carbocycles. The minimum absolute atomic E-state index is 0.0437. The van der Waals surface area contributed by atoms with E-state index in [9.17, 15) is 9.59 Å². The van der Waals surface area contributed by atoms with E-state index < -0.39 is 5.92 Å². The van der Waals surface area contributed by atoms with Gasteiger partial charge >= 0.3 is 0 Å². The summed E-state index contributed by atoms with van der Waals surface area (Å²) < 4.78 is 5.31. The van der Waals surface area contributed by atoms with Gasteiger partial charge in [0.2, 0.25) is 11.8 Å². The van der Waals surface area contributed by atoms with Crippen molar-refractivity contribution in [2.24, 2.45) is 5.92 Å². The predicted molar refractivity (Wildman–Crippen MR) is 145 cm³/mol. The summed E-state index contributed by atoms with van der Waals surface area (Å²) in [5, 5.41) is 3.12. The van der Waals surface area contributed by atoms with Crippen molar-refractivity contribution >= 4 is 23.2 Å². The van der Waals surface area contributed by atoms with Crippen LogP contribution in [0.1, 0.15) is 50.3 Å². The van der Waals surface area contributed by atoms with E-state index in [-0.39, 0.29) is 24.3 Å². The Labute approximate surface area is 215 Å². The molecule has 2 aromatic carbocycles. The molecular weight excluding hydrogens is 452 g/mol. The lowest BCUT2D eigenvalue weighted by Gasteiger charge is -2.36. The van der Waals surface area contributed by atoms with Crippen molar-refractivity contribution in [1.82, 2.24) is 9.80 Å². The molecular formula is C29H40N4O3. The standard InChI is InChI=1S/C29H40N4O3/c1-5-7-14-33-27(34)20-25(28(33)22-8-11-24(36-4)12-9-22)29(35)30-23-10-13-26(21(3)19-23)32-17-15-31(6-2)16-18-32/h8-13,19,25,28H,5-7,14-18,20H2,1-4H3,(H,30,35). The van der Waals surface area contributed by atoms with Gasteiger partial charge in [-0.25, -0.2) is 0 Å². The number of benzene rings is 2. The Morgan fingerprint density at radius 3 is 2.39 bits per heavy atom. The predicted octanol–water partition coefficient (Wildman–Crippen LogP) is 4.47. The van der Waals surface area contributed by atoms with Gasteiger partial charge in [0.25, 0.3) is 0 Å². The summed E-state index contributed by atoms with van der Waals surface area (Å²) in [7, 11) is 1.64. The molecule has 7 heteroatoms. The SMILES string of the molecule is CCCCN1C(=O)CC(C(=O)Nc2ccc(N3CCN(CC)CC3)c(C)c2)C1c1ccc(OC)cc1. The minimum atomic E-state index is -0.440. The molecule has 7 nitrogen and oxygen atoms in total. The molecule has 4 rings (SSSR count). The van der Waals surface area contributed by atoms with Gasteiger partial charge < -0.3 is 24.8 Å². The van der Waals surface area contributed by atoms with Crippen molar-refractivity contribution < 1.29 is 14.3 Å². The average molecular weight is 493 g/mol. The van der Waals surface area contributed by atoms with Crippen LogP contribution in [0.25, 0.3) is 0 Å². The number of carbonyl (C=O) groups excluding carboxylic acids is 2. The van der Waals surface area contributed by atoms with Crippen molar-refractivity contribution in [3.05, 3.63) is 53.6 Å². The Morgan fingerprint density at radius 2 is 1.78 bits per heavy atom. The Hall–Kier alpha value is -3.06. The smallest absolute Gasteiger partial charge is 0.230 e. The van der Waals surface area contributed by atoms with Crippen molar-refractivity contribution in [2.45, 2.75) is 46.1 Å². The number of likely N-dealkylation sites (N-methyl/N-ethyl adjacent to an activating group) is 1. The molecule has 0 radical (unpaired) electrons. The first-order valence-corrected chi connectivity index (χ1v) is 13.3. The van der Waals surface area contributed by atoms with Gasteiger partial charge in [0, 0.05) is 50.5 Å². The number of ether oxygens (including phenoxy) is 1. The zero-order valence-corrected chi connectivity index (χ0v) is 22.1. The number of piperazine rings is 1. The largest absolute Gasteiger partial charge is 0.497 e. The molecule has 194 valence electrons. The fourth-order valence-electron chi connectivity index (χ4n) is 5.46. The summed E-state index contributed by atoms with van der Waals surface area (Å²) in [6.07, 6.45) is 2.14. The first-order valence-electron chi connectivity index (χ1n) is 13.3. The van der Waals surface area contributed by atoms with Gasteiger partial charge in [-0.1, -0.05) is 32.4 Å². The van der Waals surface area contributed by atoms with E-state index in [1.54, 1.807) is 7.11 Å². The molecule has 1 N–H and O–H groups in total. The summed E-state index contributed by atoms with van der Waals surface area (Å²) in [6.45, 7) is 12.4. The number of hydrogen-bond acceptors (Lipinski definition) is 5. The minimum Gasteiger partial charge on any atom is -0.497 e. The number of amides is 2. The number of nitrogens with zero attached hydrogens (tertiary/aromatic N) is 3. The normalized spacial score (nSPS) is 20.6. The third-order valence-electron chi connectivity index (χ3n) is 7.60. The van der Waals surface area contributed by atoms with Gasteiger partial charge in [0.05, 0.1) is 19.1 Å². The maximum atomic E-state index is 13.5. The highest BCUT2D eigenvalue weighted by molar-refractivity contribution is 5.98. The van der Waals surface area contributed by atoms with Gasteiger partial charge in [0.15, 0.2) is 0 Å². The molecule has 36 heavy (non-hydrogen) atoms. The Kier molecular flexibility index (Phi) is 8.52. The summed E-state index contributed by atoms with van der Waals surface area (Å²) in [4.78, 5) is 33.3. The van der Waals surface area contributed by atoms with Crippen LogP contribution in [-0.4, -0.2) is 68.0 Å². The average Bonchev–Trinajstić information content (AvgIpc) is 3.23. The Bertz CT molecular complexity index is 1050. The second-order valence-electron chi connectivity index (χ2n) is 9.88. The van der Waals surface area contributed by atoms with Crippen LogP contribution in [0.2, 0.25) is 0 Å². The lowest BCUT2D eigenvalue weighted by Crippen LogP contribution is -2.46. The van der Waals surface area contributed by atoms with Crippen LogP contribution in [0.5, 0.6) is 5.75 Å². The van der Waals surface area contributed by atoms with Crippen LogP contribution in [0, 0.1) is 12.8 Å². The molecule has 0 spiro atoms. The topological polar surface area (TPSA) is 65.1 Å². The van der Waals surface area contributed by atoms with E-state index in [0.29, 0.717) is 6.54 Å². The maximum absolute atomic E-state index is 13.5. The molecule has 2 fully saturated rings. The van der Waals surface area contributed by atoms with Crippen LogP contribution in [0.3, 0.4) is 0 Å². The maximum Gasteiger partial charge on any atom is 0.230 e. The van der Waals surface area contributed by atoms with Gasteiger partial charge in [-0.3, -0.25) is 9.59 Å². The molecule has 0 aliphatic carbocycles. The summed E-state index contributed by atoms with van der Waals surface area (Å²) in [5.74, 6) is 0.259. The molecule has 2 aliphatic rings. The first kappa shape index (κ1) is 26.0. The quantitative estimate of drug-likeness (QED) is 0.559. The monoisotopic (exact) mass is 492 g/mol. The number of hydrogen-bond donors (Lipinski definition) is 1. The van der Waals surface area contributed by atoms with E-state index in [1.807, 2.05) is 41.3 Å². The fourth-order valence-corrected chi connectivity index (χ4v) is 5.46. The van der Waals surface area contributed by atoms with Crippen molar-refractivity contribution in [3.8, 4) is 5.75 Å². The van der Waals surface area contributed by atoms with Crippen molar-refractivity contribution in [2.75, 3.05) is 56.6 Å². The van der Waals surface area contributed by atoms with E-state index in [4.69, 9.17) is 4.74 Å². The van der Waals surface area contributed by atoms with Crippen LogP contribution < -0.4 is 15.0 Å². The van der Waals surface area contributed by atoms with Gasteiger partial charge in [0.1, 0.15) is 5.75 Å². The third kappa shape index (κ3) is 5.67. The molecule has 2 aliphatic heterocycles. The van der Waals surface area contributed by atoms with E-state index in [2.05, 4.69) is 42.0 Å². The molecule has 2 atom stereocenters. The summed E-state index contributed by atoms with van der Waals surface area (Å²) >= 11 is 0. The Morgan fingerprint density at radius 1 is 1.06 bits per heavy atom. The van der Waals surface area contributed by atoms with E-state index >= 15 is 0 Å². The van der Waals surface area contributed by atoms with Gasteiger partial charge in [-0.15, -0.1) is 0 Å². The molecule has 2 aromatic rings. The van der Waals surface area contributed by atoms with Crippen molar-refractivity contribution in [1.29, 1.82) is 0 Å². The molecule has 2 amide bonds. The number of likely N-dealkylation sites (tertiary alicyclic amines) is 1. The highest BCUT2D eigenvalue weighted by atomic mass is 16.5. The Balaban J connectivity index is 1.50. The lowest BCUT2D eigenvalue weighted by molar-refractivity contribution is -0.129. The second kappa shape index (κ2) is 11.8. The molecule has 2 heterocycles. The lowest BCUT2D eigenvalue weighted by atomic mass is 9.92. The summed E-state index contributed by atoms with van der Waals surface area (Å²) in [5.41, 5.74) is 4.12. The van der Waals surface area contributed by atoms with E-state index in [1.165, 1.54) is 5.69 Å². The highest BCUT2D eigenvalue weighted by Gasteiger charge is 2.44. The number of rotatable bonds is 9. The zero-order valence-electron chi connectivity index (χ0n) is 22.1. The second-order valence-corrected chi connectivity index (χ2v) is 9.88. The van der Waals surface area contributed by atoms with Crippen LogP contribution >= 0.6 is 0 Å². The summed E-state index contributed by atoms with van der Waals surface area (Å²) in [6, 6.07) is 13.6. The number of unbranched alkanes of at least 4 members (excludes halogenated alkanes) is 1. The highest BCUT2D eigenvalue weighted by Crippen LogP contribution is 2.39. The number of methoxy groups -OCH3 is 1. The number of anilines is 2. The number of carbonyl (C=O) groups is 2. The molecule has 0 bridgehead atoms. The van der Waals surface area contributed by atoms with Gasteiger partial charge in [-0.2, -0.15) is 0 Å². The number of nitrogens with one attached hydrogen (secondary N) is 1. The van der Waals surface area contributed by atoms with Crippen LogP contribution in [-0.2, 0) is 9.59 Å². The fraction of sp³-hybridized carbons (Fsp3) is 0.517. The molecule has 2 unspecified atom stereocenters.